The quantitative estimate of drug-likeness (QED) is 0.315. The first-order valence-corrected chi connectivity index (χ1v) is 5.72. The number of aliphatic hydroxyl groups excluding tert-OH is 2. The van der Waals surface area contributed by atoms with E-state index in [1.807, 2.05) is 6.92 Å². The van der Waals surface area contributed by atoms with Crippen LogP contribution in [0.4, 0.5) is 0 Å². The summed E-state index contributed by atoms with van der Waals surface area (Å²) < 4.78 is 0. The largest absolute Gasteiger partial charge is 0.478 e. The van der Waals surface area contributed by atoms with Crippen molar-refractivity contribution in [2.45, 2.75) is 19.4 Å². The van der Waals surface area contributed by atoms with Crippen LogP contribution in [0.2, 0.25) is 0 Å². The lowest BCUT2D eigenvalue weighted by Gasteiger charge is -2.25. The monoisotopic (exact) mass is 253 g/mol. The van der Waals surface area contributed by atoms with Crippen LogP contribution in [0.5, 0.6) is 0 Å². The summed E-state index contributed by atoms with van der Waals surface area (Å²) in [6, 6.07) is 0. The minimum atomic E-state index is -2.32. The van der Waals surface area contributed by atoms with E-state index in [2.05, 4.69) is 0 Å². The molecule has 0 heterocycles. The Morgan fingerprint density at radius 3 is 2.25 bits per heavy atom. The van der Waals surface area contributed by atoms with Crippen molar-refractivity contribution in [3.63, 3.8) is 0 Å². The Labute approximate surface area is 96.7 Å². The number of hydrogen-bond donors (Lipinski definition) is 4. The molecule has 0 saturated carbocycles. The van der Waals surface area contributed by atoms with Crippen LogP contribution in [0.1, 0.15) is 6.92 Å². The highest BCUT2D eigenvalue weighted by molar-refractivity contribution is 7.99. The van der Waals surface area contributed by atoms with E-state index in [1.54, 1.807) is 0 Å². The standard InChI is InChI=1S/C8H15NO6S/c1-2-16-4-3-9(5(10)7(12)13)6(11)8(14)15/h5,8,10,14-15H,2-4H2,1H3,(H,12,13). The summed E-state index contributed by atoms with van der Waals surface area (Å²) in [7, 11) is 0. The van der Waals surface area contributed by atoms with Crippen molar-refractivity contribution >= 4 is 23.6 Å². The molecule has 0 aromatic heterocycles. The van der Waals surface area contributed by atoms with Crippen molar-refractivity contribution in [2.24, 2.45) is 0 Å². The molecule has 0 rings (SSSR count). The summed E-state index contributed by atoms with van der Waals surface area (Å²) in [5.74, 6) is -1.67. The highest BCUT2D eigenvalue weighted by Crippen LogP contribution is 2.05. The molecule has 94 valence electrons. The van der Waals surface area contributed by atoms with Gasteiger partial charge in [-0.25, -0.2) is 4.79 Å². The lowest BCUT2D eigenvalue weighted by molar-refractivity contribution is -0.178. The normalized spacial score (nSPS) is 12.6. The van der Waals surface area contributed by atoms with Crippen molar-refractivity contribution in [3.8, 4) is 0 Å². The number of carboxylic acid groups (broad SMARTS) is 1. The Balaban J connectivity index is 4.50. The molecule has 0 aromatic rings. The van der Waals surface area contributed by atoms with Crippen molar-refractivity contribution in [2.75, 3.05) is 18.1 Å². The van der Waals surface area contributed by atoms with Crippen LogP contribution in [0.15, 0.2) is 0 Å². The summed E-state index contributed by atoms with van der Waals surface area (Å²) in [5, 5.41) is 35.0. The summed E-state index contributed by atoms with van der Waals surface area (Å²) in [6.07, 6.45) is -4.38. The van der Waals surface area contributed by atoms with Gasteiger partial charge in [0.15, 0.2) is 0 Å². The van der Waals surface area contributed by atoms with Gasteiger partial charge in [0.2, 0.25) is 12.5 Å². The summed E-state index contributed by atoms with van der Waals surface area (Å²) in [4.78, 5) is 22.2. The molecule has 0 aromatic carbocycles. The van der Waals surface area contributed by atoms with E-state index < -0.39 is 24.4 Å². The Morgan fingerprint density at radius 2 is 1.88 bits per heavy atom. The smallest absolute Gasteiger partial charge is 0.354 e. The molecule has 1 amide bonds. The third-order valence-corrected chi connectivity index (χ3v) is 2.58. The van der Waals surface area contributed by atoms with E-state index in [4.69, 9.17) is 15.3 Å². The predicted molar refractivity (Wildman–Crippen MR) is 56.6 cm³/mol. The van der Waals surface area contributed by atoms with Crippen molar-refractivity contribution in [1.29, 1.82) is 0 Å². The van der Waals surface area contributed by atoms with Crippen LogP contribution in [-0.4, -0.2) is 67.8 Å². The first-order valence-electron chi connectivity index (χ1n) is 4.57. The average molecular weight is 253 g/mol. The lowest BCUT2D eigenvalue weighted by atomic mass is 10.4. The van der Waals surface area contributed by atoms with Gasteiger partial charge in [-0.1, -0.05) is 6.92 Å². The molecule has 0 aliphatic heterocycles. The molecule has 7 nitrogen and oxygen atoms in total. The zero-order valence-electron chi connectivity index (χ0n) is 8.74. The lowest BCUT2D eigenvalue weighted by Crippen LogP contribution is -2.50. The topological polar surface area (TPSA) is 118 Å². The van der Waals surface area contributed by atoms with Crippen LogP contribution in [0.25, 0.3) is 0 Å². The van der Waals surface area contributed by atoms with Gasteiger partial charge in [-0.15, -0.1) is 0 Å². The summed E-state index contributed by atoms with van der Waals surface area (Å²) >= 11 is 1.43. The van der Waals surface area contributed by atoms with E-state index in [1.165, 1.54) is 11.8 Å². The predicted octanol–water partition coefficient (Wildman–Crippen LogP) is -1.72. The highest BCUT2D eigenvalue weighted by Gasteiger charge is 2.30. The van der Waals surface area contributed by atoms with Gasteiger partial charge in [-0.3, -0.25) is 4.79 Å². The van der Waals surface area contributed by atoms with E-state index in [-0.39, 0.29) is 6.54 Å². The van der Waals surface area contributed by atoms with Crippen LogP contribution in [0, 0.1) is 0 Å². The van der Waals surface area contributed by atoms with Gasteiger partial charge in [0, 0.05) is 12.3 Å². The second-order valence-electron chi connectivity index (χ2n) is 2.81. The van der Waals surface area contributed by atoms with Gasteiger partial charge < -0.3 is 25.3 Å². The van der Waals surface area contributed by atoms with Gasteiger partial charge in [-0.2, -0.15) is 11.8 Å². The first-order chi connectivity index (χ1) is 7.41. The number of amides is 1. The SMILES string of the molecule is CCSCCN(C(=O)C(O)O)C(O)C(=O)O. The molecule has 1 atom stereocenters. The van der Waals surface area contributed by atoms with Crippen molar-refractivity contribution in [3.05, 3.63) is 0 Å². The molecule has 8 heteroatoms. The van der Waals surface area contributed by atoms with Gasteiger partial charge in [0.1, 0.15) is 0 Å². The average Bonchev–Trinajstić information content (AvgIpc) is 2.22. The molecule has 0 radical (unpaired) electrons. The molecule has 0 aliphatic rings. The van der Waals surface area contributed by atoms with Crippen LogP contribution < -0.4 is 0 Å². The number of aliphatic hydroxyl groups is 3. The second-order valence-corrected chi connectivity index (χ2v) is 4.21. The maximum atomic E-state index is 11.2. The molecule has 16 heavy (non-hydrogen) atoms. The fourth-order valence-electron chi connectivity index (χ4n) is 0.942. The fraction of sp³-hybridized carbons (Fsp3) is 0.750. The van der Waals surface area contributed by atoms with Crippen LogP contribution >= 0.6 is 11.8 Å². The first kappa shape index (κ1) is 15.2. The fourth-order valence-corrected chi connectivity index (χ4v) is 1.56. The molecular formula is C8H15NO6S. The maximum Gasteiger partial charge on any atom is 0.354 e. The molecule has 0 spiro atoms. The Hall–Kier alpha value is -0.830. The van der Waals surface area contributed by atoms with Crippen molar-refractivity contribution < 1.29 is 30.0 Å². The number of thioether (sulfide) groups is 1. The third-order valence-electron chi connectivity index (χ3n) is 1.70. The molecule has 0 aliphatic carbocycles. The molecule has 0 bridgehead atoms. The highest BCUT2D eigenvalue weighted by atomic mass is 32.2. The number of carboxylic acids is 1. The Kier molecular flexibility index (Phi) is 7.06. The summed E-state index contributed by atoms with van der Waals surface area (Å²) in [6.45, 7) is 1.81. The number of aliphatic carboxylic acids is 1. The Morgan fingerprint density at radius 1 is 1.31 bits per heavy atom. The number of hydrogen-bond acceptors (Lipinski definition) is 6. The zero-order chi connectivity index (χ0) is 12.7. The number of carbonyl (C=O) groups excluding carboxylic acids is 1. The van der Waals surface area contributed by atoms with Crippen LogP contribution in [0.3, 0.4) is 0 Å². The Bertz CT molecular complexity index is 247. The van der Waals surface area contributed by atoms with E-state index in [0.717, 1.165) is 5.75 Å². The maximum absolute atomic E-state index is 11.2. The van der Waals surface area contributed by atoms with E-state index in [0.29, 0.717) is 10.7 Å². The van der Waals surface area contributed by atoms with Gasteiger partial charge in [0.05, 0.1) is 0 Å². The minimum Gasteiger partial charge on any atom is -0.478 e. The second kappa shape index (κ2) is 7.44. The molecule has 0 saturated heterocycles. The zero-order valence-corrected chi connectivity index (χ0v) is 9.55. The molecule has 1 unspecified atom stereocenters. The summed E-state index contributed by atoms with van der Waals surface area (Å²) in [5.41, 5.74) is 0. The van der Waals surface area contributed by atoms with E-state index >= 15 is 0 Å². The van der Waals surface area contributed by atoms with Gasteiger partial charge >= 0.3 is 5.97 Å². The molecule has 4 N–H and O–H groups in total. The molecule has 0 fully saturated rings. The third kappa shape index (κ3) is 4.79. The van der Waals surface area contributed by atoms with Gasteiger partial charge in [0.25, 0.3) is 5.91 Å². The number of carbonyl (C=O) groups is 2. The molecular weight excluding hydrogens is 238 g/mol. The number of rotatable bonds is 7. The van der Waals surface area contributed by atoms with Crippen LogP contribution in [-0.2, 0) is 9.59 Å². The minimum absolute atomic E-state index is 0.0670. The van der Waals surface area contributed by atoms with E-state index in [9.17, 15) is 14.7 Å². The van der Waals surface area contributed by atoms with Crippen molar-refractivity contribution in [1.82, 2.24) is 4.90 Å². The van der Waals surface area contributed by atoms with Gasteiger partial charge in [-0.05, 0) is 5.75 Å². The number of nitrogens with zero attached hydrogens (tertiary/aromatic N) is 1.